The Kier molecular flexibility index (Phi) is 3.98. The van der Waals surface area contributed by atoms with Crippen LogP contribution in [0.1, 0.15) is 46.0 Å². The highest BCUT2D eigenvalue weighted by Crippen LogP contribution is 2.52. The molecule has 1 saturated carbocycles. The van der Waals surface area contributed by atoms with Gasteiger partial charge in [-0.15, -0.1) is 0 Å². The highest BCUT2D eigenvalue weighted by Gasteiger charge is 2.40. The molecule has 0 radical (unpaired) electrons. The quantitative estimate of drug-likeness (QED) is 0.451. The number of methoxy groups -OCH3 is 1. The number of allylic oxidation sites excluding steroid dienone is 2. The van der Waals surface area contributed by atoms with Gasteiger partial charge in [0.15, 0.2) is 0 Å². The van der Waals surface area contributed by atoms with Crippen molar-refractivity contribution in [2.75, 3.05) is 13.7 Å². The summed E-state index contributed by atoms with van der Waals surface area (Å²) in [7, 11) is 1.79. The largest absolute Gasteiger partial charge is 0.385 e. The minimum absolute atomic E-state index is 0.676. The van der Waals surface area contributed by atoms with Crippen LogP contribution in [0, 0.1) is 5.41 Å². The summed E-state index contributed by atoms with van der Waals surface area (Å²) in [4.78, 5) is 0. The van der Waals surface area contributed by atoms with E-state index in [2.05, 4.69) is 19.9 Å². The van der Waals surface area contributed by atoms with Crippen LogP contribution in [0.4, 0.5) is 0 Å². The van der Waals surface area contributed by atoms with Gasteiger partial charge in [0, 0.05) is 13.7 Å². The molecule has 0 unspecified atom stereocenters. The fraction of sp³-hybridized carbons (Fsp3) is 0.833. The third kappa shape index (κ3) is 3.95. The summed E-state index contributed by atoms with van der Waals surface area (Å²) < 4.78 is 5.08. The molecule has 1 fully saturated rings. The molecule has 0 atom stereocenters. The lowest BCUT2D eigenvalue weighted by molar-refractivity contribution is 0.185. The van der Waals surface area contributed by atoms with Gasteiger partial charge in [-0.1, -0.05) is 11.6 Å². The van der Waals surface area contributed by atoms with Gasteiger partial charge < -0.3 is 4.74 Å². The van der Waals surface area contributed by atoms with Gasteiger partial charge in [-0.2, -0.15) is 0 Å². The second-order valence-electron chi connectivity index (χ2n) is 4.58. The molecule has 0 spiro atoms. The molecule has 0 aromatic heterocycles. The molecule has 0 heterocycles. The van der Waals surface area contributed by atoms with E-state index in [1.165, 1.54) is 37.7 Å². The fourth-order valence-electron chi connectivity index (χ4n) is 1.75. The van der Waals surface area contributed by atoms with E-state index in [9.17, 15) is 0 Å². The zero-order chi connectivity index (χ0) is 9.73. The van der Waals surface area contributed by atoms with E-state index >= 15 is 0 Å². The lowest BCUT2D eigenvalue weighted by atomic mass is 9.95. The van der Waals surface area contributed by atoms with Gasteiger partial charge in [-0.3, -0.25) is 0 Å². The van der Waals surface area contributed by atoms with E-state index in [4.69, 9.17) is 4.74 Å². The van der Waals surface area contributed by atoms with Crippen LogP contribution in [0.5, 0.6) is 0 Å². The monoisotopic (exact) mass is 182 g/mol. The Morgan fingerprint density at radius 3 is 2.54 bits per heavy atom. The van der Waals surface area contributed by atoms with Crippen LogP contribution < -0.4 is 0 Å². The SMILES string of the molecule is COCCCC1(CC=C(C)C)CC1. The summed E-state index contributed by atoms with van der Waals surface area (Å²) >= 11 is 0. The van der Waals surface area contributed by atoms with E-state index < -0.39 is 0 Å². The fourth-order valence-corrected chi connectivity index (χ4v) is 1.75. The molecular formula is C12H22O. The highest BCUT2D eigenvalue weighted by molar-refractivity contribution is 5.03. The summed E-state index contributed by atoms with van der Waals surface area (Å²) in [6, 6.07) is 0. The van der Waals surface area contributed by atoms with Crippen LogP contribution in [-0.2, 0) is 4.74 Å². The molecule has 0 saturated heterocycles. The molecular weight excluding hydrogens is 160 g/mol. The van der Waals surface area contributed by atoms with Crippen molar-refractivity contribution < 1.29 is 4.74 Å². The van der Waals surface area contributed by atoms with Crippen LogP contribution >= 0.6 is 0 Å². The molecule has 1 aliphatic carbocycles. The molecule has 0 aromatic rings. The first-order chi connectivity index (χ1) is 6.18. The van der Waals surface area contributed by atoms with Crippen LogP contribution in [0.15, 0.2) is 11.6 Å². The number of hydrogen-bond acceptors (Lipinski definition) is 1. The van der Waals surface area contributed by atoms with Gasteiger partial charge in [0.2, 0.25) is 0 Å². The smallest absolute Gasteiger partial charge is 0.0462 e. The molecule has 0 aliphatic heterocycles. The Bertz CT molecular complexity index is 174. The topological polar surface area (TPSA) is 9.23 Å². The first-order valence-corrected chi connectivity index (χ1v) is 5.31. The van der Waals surface area contributed by atoms with E-state index in [0.717, 1.165) is 6.61 Å². The normalized spacial score (nSPS) is 18.4. The van der Waals surface area contributed by atoms with Gasteiger partial charge in [0.1, 0.15) is 0 Å². The van der Waals surface area contributed by atoms with Crippen molar-refractivity contribution in [2.24, 2.45) is 5.41 Å². The Morgan fingerprint density at radius 2 is 2.08 bits per heavy atom. The zero-order valence-corrected chi connectivity index (χ0v) is 9.23. The molecule has 0 aromatic carbocycles. The van der Waals surface area contributed by atoms with Gasteiger partial charge in [0.05, 0.1) is 0 Å². The third-order valence-electron chi connectivity index (χ3n) is 2.96. The van der Waals surface area contributed by atoms with Crippen LogP contribution in [0.2, 0.25) is 0 Å². The Balaban J connectivity index is 2.19. The van der Waals surface area contributed by atoms with Gasteiger partial charge in [-0.25, -0.2) is 0 Å². The average Bonchev–Trinajstić information content (AvgIpc) is 2.83. The molecule has 1 heteroatoms. The Labute approximate surface area is 82.2 Å². The Hall–Kier alpha value is -0.300. The van der Waals surface area contributed by atoms with Gasteiger partial charge >= 0.3 is 0 Å². The van der Waals surface area contributed by atoms with Crippen LogP contribution in [0.3, 0.4) is 0 Å². The zero-order valence-electron chi connectivity index (χ0n) is 9.23. The second-order valence-corrected chi connectivity index (χ2v) is 4.58. The molecule has 76 valence electrons. The highest BCUT2D eigenvalue weighted by atomic mass is 16.5. The van der Waals surface area contributed by atoms with Gasteiger partial charge in [-0.05, 0) is 51.4 Å². The first-order valence-electron chi connectivity index (χ1n) is 5.31. The third-order valence-corrected chi connectivity index (χ3v) is 2.96. The molecule has 0 amide bonds. The number of ether oxygens (including phenoxy) is 1. The average molecular weight is 182 g/mol. The van der Waals surface area contributed by atoms with E-state index in [-0.39, 0.29) is 0 Å². The maximum atomic E-state index is 5.08. The summed E-state index contributed by atoms with van der Waals surface area (Å²) in [5, 5.41) is 0. The molecule has 1 rings (SSSR count). The molecule has 0 N–H and O–H groups in total. The summed E-state index contributed by atoms with van der Waals surface area (Å²) in [6.07, 6.45) is 9.12. The molecule has 13 heavy (non-hydrogen) atoms. The molecule has 1 nitrogen and oxygen atoms in total. The molecule has 1 aliphatic rings. The predicted octanol–water partition coefficient (Wildman–Crippen LogP) is 3.55. The van der Waals surface area contributed by atoms with Crippen molar-refractivity contribution in [1.82, 2.24) is 0 Å². The minimum Gasteiger partial charge on any atom is -0.385 e. The number of hydrogen-bond donors (Lipinski definition) is 0. The standard InChI is InChI=1S/C12H22O/c1-11(2)5-7-12(8-9-12)6-4-10-13-3/h5H,4,6-10H2,1-3H3. The van der Waals surface area contributed by atoms with E-state index in [0.29, 0.717) is 5.41 Å². The van der Waals surface area contributed by atoms with Crippen molar-refractivity contribution in [2.45, 2.75) is 46.0 Å². The van der Waals surface area contributed by atoms with Crippen LogP contribution in [0.25, 0.3) is 0 Å². The summed E-state index contributed by atoms with van der Waals surface area (Å²) in [6.45, 7) is 5.30. The van der Waals surface area contributed by atoms with E-state index in [1.807, 2.05) is 0 Å². The van der Waals surface area contributed by atoms with Crippen molar-refractivity contribution in [3.63, 3.8) is 0 Å². The van der Waals surface area contributed by atoms with Crippen molar-refractivity contribution >= 4 is 0 Å². The van der Waals surface area contributed by atoms with Crippen molar-refractivity contribution in [3.8, 4) is 0 Å². The van der Waals surface area contributed by atoms with E-state index in [1.54, 1.807) is 7.11 Å². The molecule has 0 bridgehead atoms. The predicted molar refractivity (Wildman–Crippen MR) is 56.8 cm³/mol. The second kappa shape index (κ2) is 4.80. The van der Waals surface area contributed by atoms with Crippen LogP contribution in [-0.4, -0.2) is 13.7 Å². The summed E-state index contributed by atoms with van der Waals surface area (Å²) in [5.74, 6) is 0. The lowest BCUT2D eigenvalue weighted by Crippen LogP contribution is -2.01. The Morgan fingerprint density at radius 1 is 1.38 bits per heavy atom. The first kappa shape index (κ1) is 10.8. The maximum Gasteiger partial charge on any atom is 0.0462 e. The minimum atomic E-state index is 0.676. The summed E-state index contributed by atoms with van der Waals surface area (Å²) in [5.41, 5.74) is 2.13. The number of rotatable bonds is 6. The van der Waals surface area contributed by atoms with Crippen molar-refractivity contribution in [3.05, 3.63) is 11.6 Å². The van der Waals surface area contributed by atoms with Crippen molar-refractivity contribution in [1.29, 1.82) is 0 Å². The van der Waals surface area contributed by atoms with Gasteiger partial charge in [0.25, 0.3) is 0 Å². The maximum absolute atomic E-state index is 5.08. The lowest BCUT2D eigenvalue weighted by Gasteiger charge is -2.12.